The van der Waals surface area contributed by atoms with Crippen molar-refractivity contribution in [3.63, 3.8) is 0 Å². The molecule has 0 aliphatic rings. The zero-order chi connectivity index (χ0) is 15.4. The zero-order valence-electron chi connectivity index (χ0n) is 11.8. The van der Waals surface area contributed by atoms with Crippen LogP contribution in [0.3, 0.4) is 0 Å². The molecule has 0 radical (unpaired) electrons. The van der Waals surface area contributed by atoms with Crippen LogP contribution in [0.2, 0.25) is 0 Å². The van der Waals surface area contributed by atoms with E-state index in [1.54, 1.807) is 12.1 Å². The lowest BCUT2D eigenvalue weighted by Crippen LogP contribution is -2.15. The molecule has 2 aromatic rings. The standard InChI is InChI=1S/C16H16BrFN2O/c1-3-19-15-7-4-10(2)8-12(15)16(21)20-11-5-6-13(17)14(18)9-11/h4-9,19H,3H2,1-2H3,(H,20,21). The van der Waals surface area contributed by atoms with E-state index in [9.17, 15) is 9.18 Å². The minimum absolute atomic E-state index is 0.267. The van der Waals surface area contributed by atoms with Crippen LogP contribution in [0, 0.1) is 12.7 Å². The van der Waals surface area contributed by atoms with E-state index in [-0.39, 0.29) is 5.91 Å². The minimum Gasteiger partial charge on any atom is -0.385 e. The molecule has 21 heavy (non-hydrogen) atoms. The average Bonchev–Trinajstić information content (AvgIpc) is 2.45. The van der Waals surface area contributed by atoms with Gasteiger partial charge in [-0.2, -0.15) is 0 Å². The van der Waals surface area contributed by atoms with Crippen LogP contribution < -0.4 is 10.6 Å². The Balaban J connectivity index is 2.27. The molecule has 0 aliphatic heterocycles. The van der Waals surface area contributed by atoms with Crippen molar-refractivity contribution in [3.8, 4) is 0 Å². The Bertz CT molecular complexity index is 673. The van der Waals surface area contributed by atoms with Crippen molar-refractivity contribution >= 4 is 33.2 Å². The number of amides is 1. The second kappa shape index (κ2) is 6.72. The van der Waals surface area contributed by atoms with Gasteiger partial charge in [0.1, 0.15) is 5.82 Å². The normalized spacial score (nSPS) is 10.3. The van der Waals surface area contributed by atoms with E-state index in [1.807, 2.05) is 32.0 Å². The summed E-state index contributed by atoms with van der Waals surface area (Å²) in [7, 11) is 0. The van der Waals surface area contributed by atoms with Gasteiger partial charge in [0.15, 0.2) is 0 Å². The van der Waals surface area contributed by atoms with E-state index < -0.39 is 5.82 Å². The Hall–Kier alpha value is -1.88. The highest BCUT2D eigenvalue weighted by molar-refractivity contribution is 9.10. The summed E-state index contributed by atoms with van der Waals surface area (Å²) >= 11 is 3.08. The Morgan fingerprint density at radius 3 is 2.67 bits per heavy atom. The zero-order valence-corrected chi connectivity index (χ0v) is 13.4. The van der Waals surface area contributed by atoms with Gasteiger partial charge in [0.25, 0.3) is 5.91 Å². The Labute approximate surface area is 131 Å². The SMILES string of the molecule is CCNc1ccc(C)cc1C(=O)Nc1ccc(Br)c(F)c1. The highest BCUT2D eigenvalue weighted by atomic mass is 79.9. The van der Waals surface area contributed by atoms with Crippen molar-refractivity contribution in [1.29, 1.82) is 0 Å². The van der Waals surface area contributed by atoms with Crippen LogP contribution in [0.1, 0.15) is 22.8 Å². The average molecular weight is 351 g/mol. The molecule has 0 aliphatic carbocycles. The molecular formula is C16H16BrFN2O. The van der Waals surface area contributed by atoms with Gasteiger partial charge in [0, 0.05) is 17.9 Å². The summed E-state index contributed by atoms with van der Waals surface area (Å²) in [6.07, 6.45) is 0. The van der Waals surface area contributed by atoms with Gasteiger partial charge in [0.2, 0.25) is 0 Å². The van der Waals surface area contributed by atoms with Crippen LogP contribution in [0.5, 0.6) is 0 Å². The summed E-state index contributed by atoms with van der Waals surface area (Å²) in [5, 5.41) is 5.86. The summed E-state index contributed by atoms with van der Waals surface area (Å²) in [4.78, 5) is 12.4. The monoisotopic (exact) mass is 350 g/mol. The largest absolute Gasteiger partial charge is 0.385 e. The van der Waals surface area contributed by atoms with Gasteiger partial charge >= 0.3 is 0 Å². The summed E-state index contributed by atoms with van der Waals surface area (Å²) in [6, 6.07) is 10.1. The van der Waals surface area contributed by atoms with Gasteiger partial charge in [-0.25, -0.2) is 4.39 Å². The maximum absolute atomic E-state index is 13.5. The number of benzene rings is 2. The third kappa shape index (κ3) is 3.82. The van der Waals surface area contributed by atoms with Crippen molar-refractivity contribution in [1.82, 2.24) is 0 Å². The van der Waals surface area contributed by atoms with Crippen LogP contribution in [0.25, 0.3) is 0 Å². The molecule has 0 aromatic heterocycles. The number of carbonyl (C=O) groups excluding carboxylic acids is 1. The van der Waals surface area contributed by atoms with Crippen LogP contribution in [-0.4, -0.2) is 12.5 Å². The first-order chi connectivity index (χ1) is 10.0. The van der Waals surface area contributed by atoms with Crippen molar-refractivity contribution in [2.75, 3.05) is 17.2 Å². The molecule has 0 saturated carbocycles. The lowest BCUT2D eigenvalue weighted by atomic mass is 10.1. The maximum Gasteiger partial charge on any atom is 0.257 e. The quantitative estimate of drug-likeness (QED) is 0.847. The number of hydrogen-bond donors (Lipinski definition) is 2. The van der Waals surface area contributed by atoms with Gasteiger partial charge in [-0.1, -0.05) is 11.6 Å². The number of anilines is 2. The molecule has 0 unspecified atom stereocenters. The van der Waals surface area contributed by atoms with Crippen LogP contribution >= 0.6 is 15.9 Å². The fraction of sp³-hybridized carbons (Fsp3) is 0.188. The number of hydrogen-bond acceptors (Lipinski definition) is 2. The molecule has 3 nitrogen and oxygen atoms in total. The van der Waals surface area contributed by atoms with Gasteiger partial charge in [-0.3, -0.25) is 4.79 Å². The van der Waals surface area contributed by atoms with Crippen molar-refractivity contribution in [2.45, 2.75) is 13.8 Å². The number of halogens is 2. The molecular weight excluding hydrogens is 335 g/mol. The molecule has 110 valence electrons. The van der Waals surface area contributed by atoms with Gasteiger partial charge in [0.05, 0.1) is 10.0 Å². The van der Waals surface area contributed by atoms with E-state index in [4.69, 9.17) is 0 Å². The van der Waals surface area contributed by atoms with Crippen LogP contribution in [-0.2, 0) is 0 Å². The second-order valence-corrected chi connectivity index (χ2v) is 5.52. The van der Waals surface area contributed by atoms with Gasteiger partial charge < -0.3 is 10.6 Å². The van der Waals surface area contributed by atoms with E-state index in [0.717, 1.165) is 17.8 Å². The van der Waals surface area contributed by atoms with E-state index in [1.165, 1.54) is 6.07 Å². The summed E-state index contributed by atoms with van der Waals surface area (Å²) in [5.41, 5.74) is 2.71. The molecule has 0 fully saturated rings. The highest BCUT2D eigenvalue weighted by Crippen LogP contribution is 2.22. The summed E-state index contributed by atoms with van der Waals surface area (Å²) in [6.45, 7) is 4.60. The topological polar surface area (TPSA) is 41.1 Å². The van der Waals surface area contributed by atoms with Crippen molar-refractivity contribution < 1.29 is 9.18 Å². The maximum atomic E-state index is 13.5. The summed E-state index contributed by atoms with van der Waals surface area (Å²) < 4.78 is 13.9. The third-order valence-electron chi connectivity index (χ3n) is 2.96. The predicted octanol–water partition coefficient (Wildman–Crippen LogP) is 4.58. The molecule has 0 heterocycles. The van der Waals surface area contributed by atoms with Gasteiger partial charge in [-0.15, -0.1) is 0 Å². The number of rotatable bonds is 4. The van der Waals surface area contributed by atoms with Crippen LogP contribution in [0.4, 0.5) is 15.8 Å². The number of aryl methyl sites for hydroxylation is 1. The molecule has 0 bridgehead atoms. The van der Waals surface area contributed by atoms with E-state index in [0.29, 0.717) is 15.7 Å². The molecule has 0 spiro atoms. The molecule has 1 amide bonds. The fourth-order valence-electron chi connectivity index (χ4n) is 1.96. The van der Waals surface area contributed by atoms with Crippen molar-refractivity contribution in [2.24, 2.45) is 0 Å². The molecule has 0 saturated heterocycles. The predicted molar refractivity (Wildman–Crippen MR) is 87.4 cm³/mol. The molecule has 2 N–H and O–H groups in total. The molecule has 2 rings (SSSR count). The summed E-state index contributed by atoms with van der Waals surface area (Å²) in [5.74, 6) is -0.680. The van der Waals surface area contributed by atoms with Crippen molar-refractivity contribution in [3.05, 3.63) is 57.8 Å². The lowest BCUT2D eigenvalue weighted by molar-refractivity contribution is 0.102. The number of nitrogens with one attached hydrogen (secondary N) is 2. The smallest absolute Gasteiger partial charge is 0.257 e. The highest BCUT2D eigenvalue weighted by Gasteiger charge is 2.12. The fourth-order valence-corrected chi connectivity index (χ4v) is 2.21. The third-order valence-corrected chi connectivity index (χ3v) is 3.61. The Morgan fingerprint density at radius 1 is 1.24 bits per heavy atom. The Morgan fingerprint density at radius 2 is 2.00 bits per heavy atom. The molecule has 0 atom stereocenters. The van der Waals surface area contributed by atoms with Gasteiger partial charge in [-0.05, 0) is 60.1 Å². The lowest BCUT2D eigenvalue weighted by Gasteiger charge is -2.12. The Kier molecular flexibility index (Phi) is 4.96. The first kappa shape index (κ1) is 15.5. The minimum atomic E-state index is -0.413. The van der Waals surface area contributed by atoms with Crippen LogP contribution in [0.15, 0.2) is 40.9 Å². The first-order valence-corrected chi connectivity index (χ1v) is 7.41. The first-order valence-electron chi connectivity index (χ1n) is 6.62. The molecule has 2 aromatic carbocycles. The second-order valence-electron chi connectivity index (χ2n) is 4.66. The van der Waals surface area contributed by atoms with E-state index >= 15 is 0 Å². The van der Waals surface area contributed by atoms with E-state index in [2.05, 4.69) is 26.6 Å². The molecule has 5 heteroatoms. The number of carbonyl (C=O) groups is 1.